The molecule has 6 heteroatoms. The van der Waals surface area contributed by atoms with Crippen LogP contribution in [0.5, 0.6) is 11.5 Å². The number of phosphoric acid groups is 1. The summed E-state index contributed by atoms with van der Waals surface area (Å²) in [4.78, 5) is 12.7. The third kappa shape index (κ3) is 4.84. The van der Waals surface area contributed by atoms with Crippen molar-refractivity contribution in [2.24, 2.45) is 0 Å². The van der Waals surface area contributed by atoms with Gasteiger partial charge in [-0.15, -0.1) is 0 Å². The van der Waals surface area contributed by atoms with Crippen molar-refractivity contribution < 1.29 is 37.4 Å². The molecule has 30 heavy (non-hydrogen) atoms. The molecule has 0 saturated carbocycles. The van der Waals surface area contributed by atoms with Gasteiger partial charge in [-0.25, -0.2) is 4.57 Å². The molecule has 158 valence electrons. The van der Waals surface area contributed by atoms with Gasteiger partial charge < -0.3 is 13.9 Å². The van der Waals surface area contributed by atoms with E-state index >= 15 is 0 Å². The Kier molecular flexibility index (Phi) is 6.75. The van der Waals surface area contributed by atoms with Crippen LogP contribution in [0.25, 0.3) is 0 Å². The summed E-state index contributed by atoms with van der Waals surface area (Å²) in [5.41, 5.74) is 5.52. The maximum atomic E-state index is 12.7. The minimum atomic E-state index is -4.56. The number of hydrogen-bond acceptors (Lipinski definition) is 4. The predicted octanol–water partition coefficient (Wildman–Crippen LogP) is 3.29. The number of rotatable bonds is 0. The zero-order chi connectivity index (χ0) is 21.9. The number of fused-ring (bicyclic) bond motifs is 2. The maximum Gasteiger partial charge on any atom is 1.00 e. The van der Waals surface area contributed by atoms with Gasteiger partial charge in [0.15, 0.2) is 0 Å². The van der Waals surface area contributed by atoms with Gasteiger partial charge in [0.25, 0.3) is 0 Å². The van der Waals surface area contributed by atoms with Crippen LogP contribution in [0.15, 0.2) is 24.3 Å². The van der Waals surface area contributed by atoms with Crippen molar-refractivity contribution in [3.63, 3.8) is 0 Å². The predicted molar refractivity (Wildman–Crippen MR) is 116 cm³/mol. The number of benzene rings is 2. The van der Waals surface area contributed by atoms with Crippen LogP contribution in [0.1, 0.15) is 87.8 Å². The first-order chi connectivity index (χ1) is 13.1. The molecule has 0 radical (unpaired) electrons. The van der Waals surface area contributed by atoms with E-state index in [1.54, 1.807) is 0 Å². The molecule has 0 spiro atoms. The Balaban J connectivity index is 0.00000320. The molecule has 0 fully saturated rings. The third-order valence-corrected chi connectivity index (χ3v) is 6.49. The van der Waals surface area contributed by atoms with Gasteiger partial charge in [0, 0.05) is 17.0 Å². The molecular weight excluding hydrogens is 390 g/mol. The van der Waals surface area contributed by atoms with Crippen LogP contribution < -0.4 is 32.8 Å². The summed E-state index contributed by atoms with van der Waals surface area (Å²) in [7, 11) is -4.56. The molecule has 3 rings (SSSR count). The summed E-state index contributed by atoms with van der Waals surface area (Å²) in [6, 6.07) is 8.18. The molecule has 4 nitrogen and oxygen atoms in total. The first kappa shape index (κ1) is 25.1. The molecule has 0 bridgehead atoms. The van der Waals surface area contributed by atoms with E-state index in [9.17, 15) is 9.46 Å². The fourth-order valence-corrected chi connectivity index (χ4v) is 4.75. The molecule has 0 aliphatic carbocycles. The summed E-state index contributed by atoms with van der Waals surface area (Å²) in [6.07, 6.45) is 0. The van der Waals surface area contributed by atoms with Gasteiger partial charge >= 0.3 is 26.7 Å². The number of phosphoric ester groups is 1. The minimum absolute atomic E-state index is 0. The molecule has 1 aliphatic rings. The largest absolute Gasteiger partial charge is 1.00 e. The molecule has 0 atom stereocenters. The zero-order valence-corrected chi connectivity index (χ0v) is 20.9. The fourth-order valence-electron chi connectivity index (χ4n) is 3.77. The number of aryl methyl sites for hydroxylation is 2. The normalized spacial score (nSPS) is 21.2. The summed E-state index contributed by atoms with van der Waals surface area (Å²) in [5.74, 6) is 0.684. The third-order valence-electron chi connectivity index (χ3n) is 5.68. The van der Waals surface area contributed by atoms with Crippen LogP contribution in [-0.4, -0.2) is 0 Å². The van der Waals surface area contributed by atoms with Crippen LogP contribution in [0.3, 0.4) is 0 Å². The Morgan fingerprint density at radius 3 is 1.43 bits per heavy atom. The van der Waals surface area contributed by atoms with Gasteiger partial charge in [0.05, 0.1) is 0 Å². The second kappa shape index (κ2) is 8.07. The molecule has 0 aromatic heterocycles. The summed E-state index contributed by atoms with van der Waals surface area (Å²) < 4.78 is 23.7. The molecule has 0 amide bonds. The molecular formula is C24H32LiO4P. The molecule has 0 unspecified atom stereocenters. The Morgan fingerprint density at radius 2 is 1.13 bits per heavy atom. The maximum absolute atomic E-state index is 12.7. The minimum Gasteiger partial charge on any atom is -0.736 e. The molecule has 0 saturated heterocycles. The molecule has 1 heterocycles. The van der Waals surface area contributed by atoms with Crippen LogP contribution in [0.2, 0.25) is 0 Å². The van der Waals surface area contributed by atoms with E-state index in [1.807, 2.05) is 26.0 Å². The summed E-state index contributed by atoms with van der Waals surface area (Å²) >= 11 is 0. The van der Waals surface area contributed by atoms with E-state index in [-0.39, 0.29) is 35.6 Å². The first-order valence-electron chi connectivity index (χ1n) is 10.1. The van der Waals surface area contributed by atoms with Gasteiger partial charge in [-0.3, -0.25) is 0 Å². The van der Waals surface area contributed by atoms with Crippen LogP contribution in [-0.2, 0) is 15.4 Å². The summed E-state index contributed by atoms with van der Waals surface area (Å²) in [6.45, 7) is 18.8. The smallest absolute Gasteiger partial charge is 0.736 e. The monoisotopic (exact) mass is 422 g/mol. The van der Waals surface area contributed by atoms with Gasteiger partial charge in [0.2, 0.25) is 0 Å². The molecule has 2 aromatic carbocycles. The molecule has 0 N–H and O–H groups in total. The molecule has 1 aliphatic heterocycles. The SMILES string of the molecule is Cc1cc(C(C)(C)C)cc2c1OP(=O)([O-])Oc1c(C)cc(C(C)(C)C)cc1C2C.[Li+]. The van der Waals surface area contributed by atoms with Gasteiger partial charge in [-0.1, -0.05) is 72.7 Å². The fraction of sp³-hybridized carbons (Fsp3) is 0.500. The second-order valence-electron chi connectivity index (χ2n) is 10.3. The van der Waals surface area contributed by atoms with E-state index in [0.29, 0.717) is 11.5 Å². The van der Waals surface area contributed by atoms with Crippen molar-refractivity contribution >= 4 is 7.82 Å². The van der Waals surface area contributed by atoms with E-state index in [2.05, 4.69) is 60.6 Å². The average Bonchev–Trinajstić information content (AvgIpc) is 2.54. The van der Waals surface area contributed by atoms with Crippen LogP contribution >= 0.6 is 7.82 Å². The van der Waals surface area contributed by atoms with Crippen molar-refractivity contribution in [1.82, 2.24) is 0 Å². The Hall–Kier alpha value is -1.17. The van der Waals surface area contributed by atoms with Crippen molar-refractivity contribution in [2.75, 3.05) is 0 Å². The van der Waals surface area contributed by atoms with Gasteiger partial charge in [0.1, 0.15) is 11.5 Å². The van der Waals surface area contributed by atoms with E-state index in [4.69, 9.17) is 9.05 Å². The van der Waals surface area contributed by atoms with E-state index < -0.39 is 7.82 Å². The number of hydrogen-bond donors (Lipinski definition) is 0. The van der Waals surface area contributed by atoms with Crippen LogP contribution in [0.4, 0.5) is 0 Å². The summed E-state index contributed by atoms with van der Waals surface area (Å²) in [5, 5.41) is 0. The van der Waals surface area contributed by atoms with Gasteiger partial charge in [-0.2, -0.15) is 0 Å². The van der Waals surface area contributed by atoms with Crippen molar-refractivity contribution in [2.45, 2.75) is 79.1 Å². The van der Waals surface area contributed by atoms with Crippen molar-refractivity contribution in [3.05, 3.63) is 57.6 Å². The van der Waals surface area contributed by atoms with E-state index in [1.165, 1.54) is 0 Å². The first-order valence-corrected chi connectivity index (χ1v) is 11.6. The van der Waals surface area contributed by atoms with Gasteiger partial charge in [-0.05, 0) is 46.9 Å². The quantitative estimate of drug-likeness (QED) is 0.483. The topological polar surface area (TPSA) is 58.6 Å². The van der Waals surface area contributed by atoms with E-state index in [0.717, 1.165) is 33.4 Å². The second-order valence-corrected chi connectivity index (χ2v) is 11.5. The Morgan fingerprint density at radius 1 is 0.800 bits per heavy atom. The Bertz CT molecular complexity index is 938. The zero-order valence-electron chi connectivity index (χ0n) is 20.0. The molecule has 2 aromatic rings. The van der Waals surface area contributed by atoms with Crippen molar-refractivity contribution in [3.8, 4) is 11.5 Å². The Labute approximate surface area is 193 Å². The average molecular weight is 422 g/mol. The standard InChI is InChI=1S/C24H33O4P.Li/c1-14-10-17(23(4,5)6)12-19-16(3)20-13-18(24(7,8)9)11-15(2)22(20)28-29(25,26)27-21(14)19;/h10-13,16H,1-9H3,(H,25,26);/q;+1/p-1. The van der Waals surface area contributed by atoms with Crippen LogP contribution in [0, 0.1) is 13.8 Å². The van der Waals surface area contributed by atoms with Crippen molar-refractivity contribution in [1.29, 1.82) is 0 Å².